The molecule has 2 heterocycles. The first kappa shape index (κ1) is 14.6. The predicted octanol–water partition coefficient (Wildman–Crippen LogP) is 2.99. The summed E-state index contributed by atoms with van der Waals surface area (Å²) in [6, 6.07) is 11.9. The van der Waals surface area contributed by atoms with Crippen LogP contribution in [0.15, 0.2) is 42.6 Å². The third kappa shape index (κ3) is 2.96. The lowest BCUT2D eigenvalue weighted by Crippen LogP contribution is -2.39. The number of amides is 1. The van der Waals surface area contributed by atoms with Crippen LogP contribution in [0.25, 0.3) is 0 Å². The number of pyridine rings is 1. The van der Waals surface area contributed by atoms with Gasteiger partial charge >= 0.3 is 0 Å². The van der Waals surface area contributed by atoms with Gasteiger partial charge in [-0.1, -0.05) is 24.3 Å². The second-order valence-electron chi connectivity index (χ2n) is 5.92. The molecule has 1 fully saturated rings. The van der Waals surface area contributed by atoms with Crippen LogP contribution in [0.2, 0.25) is 0 Å². The molecule has 0 radical (unpaired) electrons. The summed E-state index contributed by atoms with van der Waals surface area (Å²) in [5, 5.41) is 0. The Bertz CT molecular complexity index is 666. The highest BCUT2D eigenvalue weighted by atomic mass is 16.2. The second kappa shape index (κ2) is 6.18. The number of nitrogens with zero attached hydrogens (tertiary/aromatic N) is 2. The number of carbonyl (C=O) groups is 1. The normalized spacial score (nSPS) is 18.2. The average Bonchev–Trinajstić information content (AvgIpc) is 2.55. The highest BCUT2D eigenvalue weighted by Crippen LogP contribution is 2.29. The number of anilines is 1. The van der Waals surface area contributed by atoms with E-state index in [1.165, 1.54) is 11.1 Å². The molecule has 0 aliphatic carbocycles. The van der Waals surface area contributed by atoms with Crippen molar-refractivity contribution in [2.24, 2.45) is 0 Å². The van der Waals surface area contributed by atoms with Gasteiger partial charge in [0.15, 0.2) is 0 Å². The van der Waals surface area contributed by atoms with E-state index in [-0.39, 0.29) is 5.91 Å². The van der Waals surface area contributed by atoms with Gasteiger partial charge in [0, 0.05) is 25.2 Å². The van der Waals surface area contributed by atoms with E-state index in [0.717, 1.165) is 25.9 Å². The van der Waals surface area contributed by atoms with Crippen molar-refractivity contribution >= 4 is 11.7 Å². The van der Waals surface area contributed by atoms with Gasteiger partial charge in [-0.3, -0.25) is 4.79 Å². The molecule has 4 nitrogen and oxygen atoms in total. The molecule has 1 aromatic heterocycles. The fourth-order valence-electron chi connectivity index (χ4n) is 3.17. The number of nitrogens with two attached hydrogens (primary N) is 1. The Hall–Kier alpha value is -2.36. The maximum absolute atomic E-state index is 12.6. The van der Waals surface area contributed by atoms with Crippen LogP contribution in [0, 0.1) is 6.92 Å². The van der Waals surface area contributed by atoms with Crippen LogP contribution in [0.3, 0.4) is 0 Å². The van der Waals surface area contributed by atoms with E-state index >= 15 is 0 Å². The van der Waals surface area contributed by atoms with Crippen molar-refractivity contribution in [3.63, 3.8) is 0 Å². The van der Waals surface area contributed by atoms with Gasteiger partial charge in [-0.15, -0.1) is 0 Å². The molecular formula is C18H21N3O. The minimum absolute atomic E-state index is 0.0470. The van der Waals surface area contributed by atoms with Gasteiger partial charge in [-0.2, -0.15) is 0 Å². The zero-order valence-electron chi connectivity index (χ0n) is 12.8. The van der Waals surface area contributed by atoms with Crippen molar-refractivity contribution in [2.75, 3.05) is 18.8 Å². The summed E-state index contributed by atoms with van der Waals surface area (Å²) in [7, 11) is 0. The summed E-state index contributed by atoms with van der Waals surface area (Å²) in [4.78, 5) is 18.6. The predicted molar refractivity (Wildman–Crippen MR) is 87.7 cm³/mol. The SMILES string of the molecule is Cc1ccccc1[C@H]1CCCN(C(=O)c2ccc(N)nc2)C1. The van der Waals surface area contributed by atoms with Crippen molar-refractivity contribution in [1.82, 2.24) is 9.88 Å². The number of hydrogen-bond acceptors (Lipinski definition) is 3. The van der Waals surface area contributed by atoms with E-state index in [9.17, 15) is 4.79 Å². The number of nitrogen functional groups attached to an aromatic ring is 1. The van der Waals surface area contributed by atoms with Gasteiger partial charge in [0.2, 0.25) is 0 Å². The van der Waals surface area contributed by atoms with Crippen molar-refractivity contribution in [3.8, 4) is 0 Å². The number of rotatable bonds is 2. The van der Waals surface area contributed by atoms with Crippen molar-refractivity contribution in [3.05, 3.63) is 59.3 Å². The molecule has 1 aliphatic heterocycles. The first-order valence-electron chi connectivity index (χ1n) is 7.71. The Labute approximate surface area is 131 Å². The first-order valence-corrected chi connectivity index (χ1v) is 7.71. The molecule has 1 aliphatic rings. The van der Waals surface area contributed by atoms with Gasteiger partial charge in [0.05, 0.1) is 5.56 Å². The fraction of sp³-hybridized carbons (Fsp3) is 0.333. The van der Waals surface area contributed by atoms with Crippen LogP contribution in [0.4, 0.5) is 5.82 Å². The molecule has 2 N–H and O–H groups in total. The lowest BCUT2D eigenvalue weighted by atomic mass is 9.88. The fourth-order valence-corrected chi connectivity index (χ4v) is 3.17. The molecule has 0 spiro atoms. The van der Waals surface area contributed by atoms with Gasteiger partial charge in [-0.05, 0) is 43.0 Å². The number of carbonyl (C=O) groups excluding carboxylic acids is 1. The van der Waals surface area contributed by atoms with E-state index in [1.54, 1.807) is 18.3 Å². The van der Waals surface area contributed by atoms with Crippen molar-refractivity contribution < 1.29 is 4.79 Å². The summed E-state index contributed by atoms with van der Waals surface area (Å²) in [6.07, 6.45) is 3.73. The van der Waals surface area contributed by atoms with E-state index < -0.39 is 0 Å². The highest BCUT2D eigenvalue weighted by molar-refractivity contribution is 5.94. The number of aryl methyl sites for hydroxylation is 1. The summed E-state index contributed by atoms with van der Waals surface area (Å²) in [6.45, 7) is 3.72. The average molecular weight is 295 g/mol. The maximum Gasteiger partial charge on any atom is 0.255 e. The van der Waals surface area contributed by atoms with Crippen LogP contribution >= 0.6 is 0 Å². The first-order chi connectivity index (χ1) is 10.6. The Morgan fingerprint density at radius 1 is 1.27 bits per heavy atom. The third-order valence-corrected chi connectivity index (χ3v) is 4.37. The molecule has 0 unspecified atom stereocenters. The number of aromatic nitrogens is 1. The third-order valence-electron chi connectivity index (χ3n) is 4.37. The minimum Gasteiger partial charge on any atom is -0.384 e. The second-order valence-corrected chi connectivity index (χ2v) is 5.92. The molecule has 4 heteroatoms. The van der Waals surface area contributed by atoms with Gasteiger partial charge in [0.25, 0.3) is 5.91 Å². The topological polar surface area (TPSA) is 59.2 Å². The lowest BCUT2D eigenvalue weighted by molar-refractivity contribution is 0.0706. The van der Waals surface area contributed by atoms with E-state index in [4.69, 9.17) is 5.73 Å². The molecule has 1 atom stereocenters. The summed E-state index contributed by atoms with van der Waals surface area (Å²) in [5.74, 6) is 0.902. The zero-order chi connectivity index (χ0) is 15.5. The molecule has 1 aromatic carbocycles. The minimum atomic E-state index is 0.0470. The van der Waals surface area contributed by atoms with E-state index in [2.05, 4.69) is 36.2 Å². The van der Waals surface area contributed by atoms with Crippen molar-refractivity contribution in [2.45, 2.75) is 25.7 Å². The largest absolute Gasteiger partial charge is 0.384 e. The monoisotopic (exact) mass is 295 g/mol. The van der Waals surface area contributed by atoms with E-state index in [1.807, 2.05) is 4.90 Å². The van der Waals surface area contributed by atoms with Gasteiger partial charge < -0.3 is 10.6 Å². The quantitative estimate of drug-likeness (QED) is 0.926. The zero-order valence-corrected chi connectivity index (χ0v) is 12.8. The molecule has 3 rings (SSSR count). The summed E-state index contributed by atoms with van der Waals surface area (Å²) >= 11 is 0. The van der Waals surface area contributed by atoms with Gasteiger partial charge in [-0.25, -0.2) is 4.98 Å². The smallest absolute Gasteiger partial charge is 0.255 e. The Kier molecular flexibility index (Phi) is 4.09. The lowest BCUT2D eigenvalue weighted by Gasteiger charge is -2.33. The highest BCUT2D eigenvalue weighted by Gasteiger charge is 2.26. The number of hydrogen-bond donors (Lipinski definition) is 1. The Morgan fingerprint density at radius 3 is 2.82 bits per heavy atom. The Balaban J connectivity index is 1.77. The van der Waals surface area contributed by atoms with Crippen molar-refractivity contribution in [1.29, 1.82) is 0 Å². The molecule has 22 heavy (non-hydrogen) atoms. The van der Waals surface area contributed by atoms with E-state index in [0.29, 0.717) is 17.3 Å². The van der Waals surface area contributed by atoms with Crippen LogP contribution in [0.5, 0.6) is 0 Å². The standard InChI is InChI=1S/C18H21N3O/c1-13-5-2-3-7-16(13)15-6-4-10-21(12-15)18(22)14-8-9-17(19)20-11-14/h2-3,5,7-9,11,15H,4,6,10,12H2,1H3,(H2,19,20)/t15-/m0/s1. The molecule has 2 aromatic rings. The Morgan fingerprint density at radius 2 is 2.09 bits per heavy atom. The van der Waals surface area contributed by atoms with Gasteiger partial charge in [0.1, 0.15) is 5.82 Å². The molecule has 1 saturated heterocycles. The molecular weight excluding hydrogens is 274 g/mol. The van der Waals surface area contributed by atoms with Crippen LogP contribution < -0.4 is 5.73 Å². The van der Waals surface area contributed by atoms with Crippen LogP contribution in [0.1, 0.15) is 40.2 Å². The molecule has 0 saturated carbocycles. The number of benzene rings is 1. The summed E-state index contributed by atoms with van der Waals surface area (Å²) < 4.78 is 0. The molecule has 1 amide bonds. The number of likely N-dealkylation sites (tertiary alicyclic amines) is 1. The summed E-state index contributed by atoms with van der Waals surface area (Å²) in [5.41, 5.74) is 8.85. The van der Waals surface area contributed by atoms with Crippen LogP contribution in [-0.2, 0) is 0 Å². The molecule has 0 bridgehead atoms. The number of piperidine rings is 1. The maximum atomic E-state index is 12.6. The van der Waals surface area contributed by atoms with Crippen LogP contribution in [-0.4, -0.2) is 28.9 Å². The molecule has 114 valence electrons.